The Balaban J connectivity index is 1.42. The zero-order valence-electron chi connectivity index (χ0n) is 24.5. The molecule has 0 saturated carbocycles. The molecule has 4 amide bonds. The Hall–Kier alpha value is -4.86. The van der Waals surface area contributed by atoms with Crippen molar-refractivity contribution >= 4 is 40.9 Å². The molecule has 0 spiro atoms. The standard InChI is InChI=1S/C32H36N4O6/c1-20-8-6-7-9-28(20)35(4)32(41)33-27-15-10-22(16-29(27)42-5)17-30(38)34(3)24-13-11-23(12-14-24)25-18-36(21(2)37)19-26(25)31(39)40/h6-16,25-26H,17-19H2,1-5H3,(H,33,41)(H,39,40). The van der Waals surface area contributed by atoms with Crippen molar-refractivity contribution in [2.45, 2.75) is 26.2 Å². The third-order valence-corrected chi connectivity index (χ3v) is 7.81. The summed E-state index contributed by atoms with van der Waals surface area (Å²) in [6, 6.07) is 19.7. The predicted octanol–water partition coefficient (Wildman–Crippen LogP) is 4.52. The molecule has 2 N–H and O–H groups in total. The van der Waals surface area contributed by atoms with Crippen molar-refractivity contribution in [1.29, 1.82) is 0 Å². The second kappa shape index (κ2) is 12.8. The van der Waals surface area contributed by atoms with Gasteiger partial charge < -0.3 is 25.0 Å². The van der Waals surface area contributed by atoms with Gasteiger partial charge in [-0.15, -0.1) is 0 Å². The number of amides is 4. The van der Waals surface area contributed by atoms with E-state index >= 15 is 0 Å². The quantitative estimate of drug-likeness (QED) is 0.410. The van der Waals surface area contributed by atoms with Crippen LogP contribution < -0.4 is 19.9 Å². The van der Waals surface area contributed by atoms with Gasteiger partial charge in [0.25, 0.3) is 0 Å². The number of aliphatic carboxylic acids is 1. The molecule has 10 nitrogen and oxygen atoms in total. The van der Waals surface area contributed by atoms with E-state index < -0.39 is 11.9 Å². The molecule has 3 aromatic rings. The molecule has 1 saturated heterocycles. The van der Waals surface area contributed by atoms with Gasteiger partial charge >= 0.3 is 12.0 Å². The van der Waals surface area contributed by atoms with E-state index in [1.54, 1.807) is 49.3 Å². The van der Waals surface area contributed by atoms with E-state index in [0.717, 1.165) is 16.8 Å². The number of methoxy groups -OCH3 is 1. The van der Waals surface area contributed by atoms with Crippen LogP contribution in [0.25, 0.3) is 0 Å². The minimum absolute atomic E-state index is 0.100. The smallest absolute Gasteiger partial charge is 0.326 e. The number of carboxylic acid groups (broad SMARTS) is 1. The highest BCUT2D eigenvalue weighted by molar-refractivity contribution is 6.02. The summed E-state index contributed by atoms with van der Waals surface area (Å²) in [6.07, 6.45) is 0.100. The highest BCUT2D eigenvalue weighted by Gasteiger charge is 2.39. The van der Waals surface area contributed by atoms with Crippen molar-refractivity contribution in [1.82, 2.24) is 4.90 Å². The second-order valence-electron chi connectivity index (χ2n) is 10.5. The van der Waals surface area contributed by atoms with Crippen LogP contribution in [0.15, 0.2) is 66.7 Å². The Kier molecular flexibility index (Phi) is 9.15. The van der Waals surface area contributed by atoms with Crippen LogP contribution in [0.5, 0.6) is 5.75 Å². The van der Waals surface area contributed by atoms with Crippen molar-refractivity contribution < 1.29 is 29.0 Å². The third-order valence-electron chi connectivity index (χ3n) is 7.81. The molecule has 1 heterocycles. The van der Waals surface area contributed by atoms with E-state index in [9.17, 15) is 24.3 Å². The van der Waals surface area contributed by atoms with E-state index in [1.165, 1.54) is 23.8 Å². The van der Waals surface area contributed by atoms with Crippen LogP contribution in [-0.4, -0.2) is 68.1 Å². The van der Waals surface area contributed by atoms with Gasteiger partial charge in [0.1, 0.15) is 5.75 Å². The fourth-order valence-corrected chi connectivity index (χ4v) is 5.23. The van der Waals surface area contributed by atoms with Crippen LogP contribution in [0.3, 0.4) is 0 Å². The van der Waals surface area contributed by atoms with Gasteiger partial charge in [-0.3, -0.25) is 19.3 Å². The molecule has 1 fully saturated rings. The van der Waals surface area contributed by atoms with Crippen LogP contribution >= 0.6 is 0 Å². The maximum Gasteiger partial charge on any atom is 0.326 e. The summed E-state index contributed by atoms with van der Waals surface area (Å²) in [7, 11) is 4.88. The van der Waals surface area contributed by atoms with Crippen LogP contribution in [0, 0.1) is 12.8 Å². The fraction of sp³-hybridized carbons (Fsp3) is 0.312. The summed E-state index contributed by atoms with van der Waals surface area (Å²) in [5.74, 6) is -1.79. The number of benzene rings is 3. The number of likely N-dealkylation sites (tertiary alicyclic amines) is 1. The summed E-state index contributed by atoms with van der Waals surface area (Å²) in [5, 5.41) is 12.5. The first-order valence-corrected chi connectivity index (χ1v) is 13.6. The Morgan fingerprint density at radius 2 is 1.67 bits per heavy atom. The van der Waals surface area contributed by atoms with E-state index in [1.807, 2.05) is 43.3 Å². The molecule has 2 atom stereocenters. The number of urea groups is 1. The van der Waals surface area contributed by atoms with Gasteiger partial charge in [0.05, 0.1) is 25.1 Å². The van der Waals surface area contributed by atoms with Crippen LogP contribution in [0.4, 0.5) is 21.9 Å². The molecular weight excluding hydrogens is 536 g/mol. The van der Waals surface area contributed by atoms with Crippen molar-refractivity contribution in [3.05, 3.63) is 83.4 Å². The molecule has 0 radical (unpaired) electrons. The minimum atomic E-state index is -0.931. The normalized spacial score (nSPS) is 16.1. The van der Waals surface area contributed by atoms with Gasteiger partial charge in [-0.25, -0.2) is 4.79 Å². The number of carbonyl (C=O) groups excluding carboxylic acids is 3. The third kappa shape index (κ3) is 6.54. The molecule has 1 aliphatic heterocycles. The van der Waals surface area contributed by atoms with E-state index in [4.69, 9.17) is 4.74 Å². The molecule has 0 aromatic heterocycles. The van der Waals surface area contributed by atoms with Crippen LogP contribution in [0.1, 0.15) is 29.5 Å². The molecular formula is C32H36N4O6. The molecule has 0 bridgehead atoms. The lowest BCUT2D eigenvalue weighted by Gasteiger charge is -2.21. The Bertz CT molecular complexity index is 1490. The fourth-order valence-electron chi connectivity index (χ4n) is 5.23. The molecule has 2 unspecified atom stereocenters. The maximum absolute atomic E-state index is 13.1. The first kappa shape index (κ1) is 30.1. The summed E-state index contributed by atoms with van der Waals surface area (Å²) >= 11 is 0. The lowest BCUT2D eigenvalue weighted by atomic mass is 9.89. The predicted molar refractivity (Wildman–Crippen MR) is 161 cm³/mol. The monoisotopic (exact) mass is 572 g/mol. The molecule has 3 aromatic carbocycles. The van der Waals surface area contributed by atoms with Gasteiger partial charge in [0.15, 0.2) is 0 Å². The number of hydrogen-bond donors (Lipinski definition) is 2. The molecule has 4 rings (SSSR count). The molecule has 0 aliphatic carbocycles. The van der Waals surface area contributed by atoms with Crippen molar-refractivity contribution in [2.75, 3.05) is 49.4 Å². The zero-order chi connectivity index (χ0) is 30.6. The second-order valence-corrected chi connectivity index (χ2v) is 10.5. The number of rotatable bonds is 8. The minimum Gasteiger partial charge on any atom is -0.495 e. The molecule has 42 heavy (non-hydrogen) atoms. The Morgan fingerprint density at radius 3 is 2.29 bits per heavy atom. The summed E-state index contributed by atoms with van der Waals surface area (Å²) in [5.41, 5.74) is 4.43. The van der Waals surface area contributed by atoms with Gasteiger partial charge in [0, 0.05) is 51.4 Å². The maximum atomic E-state index is 13.1. The highest BCUT2D eigenvalue weighted by atomic mass is 16.5. The van der Waals surface area contributed by atoms with Crippen molar-refractivity contribution in [2.24, 2.45) is 5.92 Å². The van der Waals surface area contributed by atoms with Crippen molar-refractivity contribution in [3.8, 4) is 5.75 Å². The number of hydrogen-bond acceptors (Lipinski definition) is 5. The zero-order valence-corrected chi connectivity index (χ0v) is 24.5. The number of nitrogens with zero attached hydrogens (tertiary/aromatic N) is 3. The number of aryl methyl sites for hydroxylation is 1. The van der Waals surface area contributed by atoms with Gasteiger partial charge in [0.2, 0.25) is 11.8 Å². The van der Waals surface area contributed by atoms with Crippen LogP contribution in [0.2, 0.25) is 0 Å². The average molecular weight is 573 g/mol. The summed E-state index contributed by atoms with van der Waals surface area (Å²) in [4.78, 5) is 54.3. The van der Waals surface area contributed by atoms with E-state index in [-0.39, 0.29) is 36.7 Å². The number of carbonyl (C=O) groups is 4. The lowest BCUT2D eigenvalue weighted by molar-refractivity contribution is -0.141. The van der Waals surface area contributed by atoms with Crippen LogP contribution in [-0.2, 0) is 20.8 Å². The largest absolute Gasteiger partial charge is 0.495 e. The topological polar surface area (TPSA) is 119 Å². The Labute approximate surface area is 245 Å². The summed E-state index contributed by atoms with van der Waals surface area (Å²) in [6.45, 7) is 3.91. The van der Waals surface area contributed by atoms with E-state index in [0.29, 0.717) is 29.2 Å². The number of carboxylic acids is 1. The number of ether oxygens (including phenoxy) is 1. The van der Waals surface area contributed by atoms with Gasteiger partial charge in [-0.1, -0.05) is 36.4 Å². The molecule has 220 valence electrons. The van der Waals surface area contributed by atoms with Gasteiger partial charge in [-0.05, 0) is 53.9 Å². The average Bonchev–Trinajstić information content (AvgIpc) is 3.44. The SMILES string of the molecule is COc1cc(CC(=O)N(C)c2ccc(C3CN(C(C)=O)CC3C(=O)O)cc2)ccc1NC(=O)N(C)c1ccccc1C. The first-order valence-electron chi connectivity index (χ1n) is 13.6. The molecule has 1 aliphatic rings. The molecule has 10 heteroatoms. The number of anilines is 3. The van der Waals surface area contributed by atoms with Gasteiger partial charge in [-0.2, -0.15) is 0 Å². The first-order chi connectivity index (χ1) is 20.0. The summed E-state index contributed by atoms with van der Waals surface area (Å²) < 4.78 is 5.51. The lowest BCUT2D eigenvalue weighted by Crippen LogP contribution is -2.31. The Morgan fingerprint density at radius 1 is 0.976 bits per heavy atom. The van der Waals surface area contributed by atoms with E-state index in [2.05, 4.69) is 5.32 Å². The van der Waals surface area contributed by atoms with Crippen molar-refractivity contribution in [3.63, 3.8) is 0 Å². The number of para-hydroxylation sites is 1. The number of nitrogens with one attached hydrogen (secondary N) is 1. The highest BCUT2D eigenvalue weighted by Crippen LogP contribution is 2.34. The number of likely N-dealkylation sites (N-methyl/N-ethyl adjacent to an activating group) is 1.